The Balaban J connectivity index is 2.47. The van der Waals surface area contributed by atoms with E-state index in [1.807, 2.05) is 6.07 Å². The predicted molar refractivity (Wildman–Crippen MR) is 62.7 cm³/mol. The number of carbonyl (C=O) groups is 1. The fraction of sp³-hybridized carbons (Fsp3) is 0.417. The molecule has 80 valence electrons. The highest BCUT2D eigenvalue weighted by molar-refractivity contribution is 6.35. The third-order valence-electron chi connectivity index (χ3n) is 3.19. The molecular formula is C12H12Cl2O. The van der Waals surface area contributed by atoms with Crippen molar-refractivity contribution in [3.05, 3.63) is 33.8 Å². The van der Waals surface area contributed by atoms with Gasteiger partial charge in [-0.1, -0.05) is 42.1 Å². The van der Waals surface area contributed by atoms with Crippen molar-refractivity contribution < 1.29 is 4.79 Å². The SMILES string of the molecule is O=CC1(c2ccc(Cl)cc2Cl)CCCC1. The summed E-state index contributed by atoms with van der Waals surface area (Å²) >= 11 is 12.0. The minimum Gasteiger partial charge on any atom is -0.302 e. The quantitative estimate of drug-likeness (QED) is 0.717. The minimum absolute atomic E-state index is 0.359. The third kappa shape index (κ3) is 1.91. The highest BCUT2D eigenvalue weighted by Crippen LogP contribution is 2.42. The van der Waals surface area contributed by atoms with E-state index in [9.17, 15) is 4.79 Å². The van der Waals surface area contributed by atoms with Gasteiger partial charge in [-0.2, -0.15) is 0 Å². The van der Waals surface area contributed by atoms with Crippen LogP contribution < -0.4 is 0 Å². The Bertz CT molecular complexity index is 381. The fourth-order valence-corrected chi connectivity index (χ4v) is 2.95. The van der Waals surface area contributed by atoms with Gasteiger partial charge in [-0.15, -0.1) is 0 Å². The summed E-state index contributed by atoms with van der Waals surface area (Å²) < 4.78 is 0. The van der Waals surface area contributed by atoms with Gasteiger partial charge < -0.3 is 4.79 Å². The molecule has 0 atom stereocenters. The van der Waals surface area contributed by atoms with E-state index in [0.29, 0.717) is 10.0 Å². The molecule has 1 saturated carbocycles. The average Bonchev–Trinajstić information content (AvgIpc) is 2.67. The van der Waals surface area contributed by atoms with Gasteiger partial charge in [-0.25, -0.2) is 0 Å². The number of benzene rings is 1. The van der Waals surface area contributed by atoms with Crippen molar-refractivity contribution in [3.8, 4) is 0 Å². The zero-order valence-electron chi connectivity index (χ0n) is 8.30. The van der Waals surface area contributed by atoms with Crippen LogP contribution in [0.15, 0.2) is 18.2 Å². The van der Waals surface area contributed by atoms with E-state index < -0.39 is 0 Å². The molecule has 0 spiro atoms. The molecule has 0 unspecified atom stereocenters. The van der Waals surface area contributed by atoms with Crippen molar-refractivity contribution >= 4 is 29.5 Å². The lowest BCUT2D eigenvalue weighted by Gasteiger charge is -2.23. The summed E-state index contributed by atoms with van der Waals surface area (Å²) in [7, 11) is 0. The van der Waals surface area contributed by atoms with E-state index in [0.717, 1.165) is 37.5 Å². The van der Waals surface area contributed by atoms with Gasteiger partial charge in [0.2, 0.25) is 0 Å². The molecule has 2 rings (SSSR count). The largest absolute Gasteiger partial charge is 0.302 e. The Hall–Kier alpha value is -0.530. The van der Waals surface area contributed by atoms with Crippen LogP contribution in [0.2, 0.25) is 10.0 Å². The number of aldehydes is 1. The summed E-state index contributed by atoms with van der Waals surface area (Å²) in [6.45, 7) is 0. The second-order valence-electron chi connectivity index (χ2n) is 4.11. The van der Waals surface area contributed by atoms with Gasteiger partial charge >= 0.3 is 0 Å². The lowest BCUT2D eigenvalue weighted by molar-refractivity contribution is -0.112. The summed E-state index contributed by atoms with van der Waals surface area (Å²) in [6.07, 6.45) is 5.04. The molecule has 3 heteroatoms. The predicted octanol–water partition coefficient (Wildman–Crippen LogP) is 4.00. The van der Waals surface area contributed by atoms with Crippen LogP contribution in [0, 0.1) is 0 Å². The van der Waals surface area contributed by atoms with Gasteiger partial charge in [0.1, 0.15) is 6.29 Å². The molecule has 1 aliphatic rings. The van der Waals surface area contributed by atoms with Gasteiger partial charge in [0, 0.05) is 10.0 Å². The Morgan fingerprint density at radius 1 is 1.20 bits per heavy atom. The van der Waals surface area contributed by atoms with E-state index in [1.54, 1.807) is 12.1 Å². The minimum atomic E-state index is -0.359. The van der Waals surface area contributed by atoms with Crippen LogP contribution in [0.4, 0.5) is 0 Å². The van der Waals surface area contributed by atoms with E-state index >= 15 is 0 Å². The van der Waals surface area contributed by atoms with Crippen LogP contribution in [-0.4, -0.2) is 6.29 Å². The topological polar surface area (TPSA) is 17.1 Å². The van der Waals surface area contributed by atoms with Crippen molar-refractivity contribution in [3.63, 3.8) is 0 Å². The number of hydrogen-bond acceptors (Lipinski definition) is 1. The molecule has 15 heavy (non-hydrogen) atoms. The summed E-state index contributed by atoms with van der Waals surface area (Å²) in [5.74, 6) is 0. The Kier molecular flexibility index (Phi) is 3.03. The summed E-state index contributed by atoms with van der Waals surface area (Å²) in [6, 6.07) is 5.39. The van der Waals surface area contributed by atoms with Crippen molar-refractivity contribution in [1.29, 1.82) is 0 Å². The molecule has 0 bridgehead atoms. The Labute approximate surface area is 99.4 Å². The highest BCUT2D eigenvalue weighted by atomic mass is 35.5. The fourth-order valence-electron chi connectivity index (χ4n) is 2.35. The molecule has 0 aromatic heterocycles. The lowest BCUT2D eigenvalue weighted by Crippen LogP contribution is -2.24. The molecule has 0 radical (unpaired) electrons. The van der Waals surface area contributed by atoms with E-state index in [2.05, 4.69) is 0 Å². The first-order valence-electron chi connectivity index (χ1n) is 5.10. The number of carbonyl (C=O) groups excluding carboxylic acids is 1. The molecule has 1 aromatic rings. The monoisotopic (exact) mass is 242 g/mol. The summed E-state index contributed by atoms with van der Waals surface area (Å²) in [5.41, 5.74) is 0.572. The third-order valence-corrected chi connectivity index (χ3v) is 3.74. The van der Waals surface area contributed by atoms with E-state index in [4.69, 9.17) is 23.2 Å². The first-order valence-corrected chi connectivity index (χ1v) is 5.85. The molecule has 0 amide bonds. The van der Waals surface area contributed by atoms with E-state index in [-0.39, 0.29) is 5.41 Å². The van der Waals surface area contributed by atoms with Crippen LogP contribution in [0.3, 0.4) is 0 Å². The first kappa shape index (κ1) is 11.0. The molecule has 1 aliphatic carbocycles. The van der Waals surface area contributed by atoms with Crippen molar-refractivity contribution in [2.75, 3.05) is 0 Å². The van der Waals surface area contributed by atoms with Gasteiger partial charge in [0.25, 0.3) is 0 Å². The van der Waals surface area contributed by atoms with Crippen LogP contribution in [0.25, 0.3) is 0 Å². The smallest absolute Gasteiger partial charge is 0.130 e. The van der Waals surface area contributed by atoms with Gasteiger partial charge in [0.15, 0.2) is 0 Å². The molecule has 0 heterocycles. The standard InChI is InChI=1S/C12H12Cl2O/c13-9-3-4-10(11(14)7-9)12(8-15)5-1-2-6-12/h3-4,7-8H,1-2,5-6H2. The van der Waals surface area contributed by atoms with Crippen LogP contribution >= 0.6 is 23.2 Å². The first-order chi connectivity index (χ1) is 7.18. The van der Waals surface area contributed by atoms with E-state index in [1.165, 1.54) is 0 Å². The Morgan fingerprint density at radius 2 is 1.87 bits per heavy atom. The zero-order chi connectivity index (χ0) is 10.9. The second-order valence-corrected chi connectivity index (χ2v) is 4.95. The highest BCUT2D eigenvalue weighted by Gasteiger charge is 2.36. The lowest BCUT2D eigenvalue weighted by atomic mass is 9.80. The molecule has 0 saturated heterocycles. The molecule has 1 nitrogen and oxygen atoms in total. The summed E-state index contributed by atoms with van der Waals surface area (Å²) in [5, 5.41) is 1.22. The number of rotatable bonds is 2. The molecule has 0 N–H and O–H groups in total. The maximum Gasteiger partial charge on any atom is 0.130 e. The second kappa shape index (κ2) is 4.15. The van der Waals surface area contributed by atoms with Crippen LogP contribution in [-0.2, 0) is 10.2 Å². The van der Waals surface area contributed by atoms with Crippen LogP contribution in [0.5, 0.6) is 0 Å². The average molecular weight is 243 g/mol. The molecule has 1 aromatic carbocycles. The van der Waals surface area contributed by atoms with Crippen molar-refractivity contribution in [2.24, 2.45) is 0 Å². The maximum absolute atomic E-state index is 11.3. The van der Waals surface area contributed by atoms with Gasteiger partial charge in [-0.3, -0.25) is 0 Å². The maximum atomic E-state index is 11.3. The number of halogens is 2. The van der Waals surface area contributed by atoms with Gasteiger partial charge in [0.05, 0.1) is 5.41 Å². The summed E-state index contributed by atoms with van der Waals surface area (Å²) in [4.78, 5) is 11.3. The zero-order valence-corrected chi connectivity index (χ0v) is 9.81. The van der Waals surface area contributed by atoms with Crippen molar-refractivity contribution in [1.82, 2.24) is 0 Å². The normalized spacial score (nSPS) is 19.1. The molecular weight excluding hydrogens is 231 g/mol. The van der Waals surface area contributed by atoms with Gasteiger partial charge in [-0.05, 0) is 30.5 Å². The van der Waals surface area contributed by atoms with Crippen LogP contribution in [0.1, 0.15) is 31.2 Å². The molecule has 0 aliphatic heterocycles. The Morgan fingerprint density at radius 3 is 2.40 bits per heavy atom. The molecule has 1 fully saturated rings. The number of hydrogen-bond donors (Lipinski definition) is 0. The van der Waals surface area contributed by atoms with Crippen molar-refractivity contribution in [2.45, 2.75) is 31.1 Å².